The maximum atomic E-state index is 5.84. The molecule has 14 heavy (non-hydrogen) atoms. The van der Waals surface area contributed by atoms with Crippen LogP contribution < -0.4 is 0 Å². The van der Waals surface area contributed by atoms with E-state index in [0.717, 1.165) is 5.56 Å². The summed E-state index contributed by atoms with van der Waals surface area (Å²) in [4.78, 5) is 4.09. The van der Waals surface area contributed by atoms with E-state index in [2.05, 4.69) is 4.98 Å². The molecule has 0 fully saturated rings. The predicted molar refractivity (Wildman–Crippen MR) is 56.5 cm³/mol. The van der Waals surface area contributed by atoms with Crippen molar-refractivity contribution in [1.82, 2.24) is 4.98 Å². The molecule has 4 heteroatoms. The minimum atomic E-state index is 0.327. The molecule has 0 aliphatic rings. The number of aromatic nitrogens is 1. The Hall–Kier alpha value is -0.990. The highest BCUT2D eigenvalue weighted by Crippen LogP contribution is 2.22. The molecule has 0 saturated carbocycles. The Bertz CT molecular complexity index is 439. The largest absolute Gasteiger partial charge is 0.440 e. The molecule has 72 valence electrons. The van der Waals surface area contributed by atoms with Gasteiger partial charge in [0, 0.05) is 10.6 Å². The van der Waals surface area contributed by atoms with E-state index in [-0.39, 0.29) is 0 Å². The van der Waals surface area contributed by atoms with Crippen molar-refractivity contribution in [3.63, 3.8) is 0 Å². The fourth-order valence-electron chi connectivity index (χ4n) is 1.12. The first kappa shape index (κ1) is 9.56. The number of hydrogen-bond donors (Lipinski definition) is 0. The van der Waals surface area contributed by atoms with Crippen molar-refractivity contribution in [2.24, 2.45) is 0 Å². The van der Waals surface area contributed by atoms with E-state index in [1.807, 2.05) is 12.1 Å². The van der Waals surface area contributed by atoms with Gasteiger partial charge in [-0.3, -0.25) is 0 Å². The molecule has 0 saturated heterocycles. The first-order chi connectivity index (χ1) is 6.79. The number of oxazole rings is 1. The minimum absolute atomic E-state index is 0.327. The van der Waals surface area contributed by atoms with Gasteiger partial charge in [0.15, 0.2) is 0 Å². The van der Waals surface area contributed by atoms with Gasteiger partial charge >= 0.3 is 0 Å². The first-order valence-electron chi connectivity index (χ1n) is 4.06. The van der Waals surface area contributed by atoms with Crippen LogP contribution in [0.25, 0.3) is 11.5 Å². The smallest absolute Gasteiger partial charge is 0.226 e. The zero-order valence-corrected chi connectivity index (χ0v) is 8.72. The quantitative estimate of drug-likeness (QED) is 0.732. The van der Waals surface area contributed by atoms with Gasteiger partial charge in [-0.2, -0.15) is 0 Å². The molecule has 0 bridgehead atoms. The van der Waals surface area contributed by atoms with E-state index in [9.17, 15) is 0 Å². The molecule has 1 aromatic carbocycles. The van der Waals surface area contributed by atoms with Crippen molar-refractivity contribution in [3.05, 3.63) is 41.2 Å². The second-order valence-corrected chi connectivity index (χ2v) is 3.48. The zero-order chi connectivity index (χ0) is 9.97. The van der Waals surface area contributed by atoms with E-state index in [1.54, 1.807) is 18.3 Å². The lowest BCUT2D eigenvalue weighted by Crippen LogP contribution is -1.75. The number of hydrogen-bond acceptors (Lipinski definition) is 2. The van der Waals surface area contributed by atoms with Gasteiger partial charge in [0.05, 0.1) is 12.1 Å². The maximum absolute atomic E-state index is 5.84. The number of alkyl halides is 1. The molecule has 1 aromatic heterocycles. The molecular weight excluding hydrogens is 221 g/mol. The van der Waals surface area contributed by atoms with Gasteiger partial charge in [0.2, 0.25) is 5.89 Å². The van der Waals surface area contributed by atoms with Gasteiger partial charge in [-0.1, -0.05) is 17.7 Å². The third-order valence-electron chi connectivity index (χ3n) is 1.76. The average Bonchev–Trinajstić information content (AvgIpc) is 2.66. The Morgan fingerprint density at radius 3 is 2.86 bits per heavy atom. The lowest BCUT2D eigenvalue weighted by Gasteiger charge is -1.95. The van der Waals surface area contributed by atoms with Gasteiger partial charge in [-0.15, -0.1) is 11.6 Å². The second-order valence-electron chi connectivity index (χ2n) is 2.78. The molecule has 2 rings (SSSR count). The van der Waals surface area contributed by atoms with Crippen molar-refractivity contribution in [2.75, 3.05) is 0 Å². The lowest BCUT2D eigenvalue weighted by atomic mass is 10.2. The average molecular weight is 228 g/mol. The first-order valence-corrected chi connectivity index (χ1v) is 4.97. The molecule has 0 N–H and O–H groups in total. The summed E-state index contributed by atoms with van der Waals surface area (Å²) >= 11 is 11.4. The molecule has 2 nitrogen and oxygen atoms in total. The van der Waals surface area contributed by atoms with E-state index in [0.29, 0.717) is 22.6 Å². The third-order valence-corrected chi connectivity index (χ3v) is 2.26. The summed E-state index contributed by atoms with van der Waals surface area (Å²) in [5.41, 5.74) is 0.855. The topological polar surface area (TPSA) is 26.0 Å². The van der Waals surface area contributed by atoms with Crippen LogP contribution in [0.15, 0.2) is 34.9 Å². The Morgan fingerprint density at radius 2 is 2.21 bits per heavy atom. The Balaban J connectivity index is 2.39. The number of benzene rings is 1. The van der Waals surface area contributed by atoms with Crippen LogP contribution in [0, 0.1) is 0 Å². The maximum Gasteiger partial charge on any atom is 0.226 e. The molecule has 0 radical (unpaired) electrons. The van der Waals surface area contributed by atoms with E-state index < -0.39 is 0 Å². The Morgan fingerprint density at radius 1 is 1.36 bits per heavy atom. The third kappa shape index (κ3) is 1.91. The number of nitrogens with zero attached hydrogens (tertiary/aromatic N) is 1. The molecular formula is C10H7Cl2NO. The van der Waals surface area contributed by atoms with Crippen LogP contribution in [0.5, 0.6) is 0 Å². The van der Waals surface area contributed by atoms with Gasteiger partial charge in [0.25, 0.3) is 0 Å². The lowest BCUT2D eigenvalue weighted by molar-refractivity contribution is 0.537. The summed E-state index contributed by atoms with van der Waals surface area (Å²) in [7, 11) is 0. The summed E-state index contributed by atoms with van der Waals surface area (Å²) in [5, 5.41) is 0.660. The Labute approximate surface area is 91.5 Å². The van der Waals surface area contributed by atoms with Crippen LogP contribution in [-0.2, 0) is 5.88 Å². The normalized spacial score (nSPS) is 10.4. The molecule has 0 spiro atoms. The molecule has 0 atom stereocenters. The Kier molecular flexibility index (Phi) is 2.75. The highest BCUT2D eigenvalue weighted by Gasteiger charge is 2.05. The van der Waals surface area contributed by atoms with Crippen LogP contribution in [0.2, 0.25) is 5.02 Å². The predicted octanol–water partition coefficient (Wildman–Crippen LogP) is 3.73. The van der Waals surface area contributed by atoms with Crippen molar-refractivity contribution in [1.29, 1.82) is 0 Å². The summed E-state index contributed by atoms with van der Waals surface area (Å²) < 4.78 is 5.37. The highest BCUT2D eigenvalue weighted by atomic mass is 35.5. The summed E-state index contributed by atoms with van der Waals surface area (Å²) in [6, 6.07) is 7.33. The number of halogens is 2. The summed E-state index contributed by atoms with van der Waals surface area (Å²) in [6.45, 7) is 0. The van der Waals surface area contributed by atoms with E-state index >= 15 is 0 Å². The fourth-order valence-corrected chi connectivity index (χ4v) is 1.44. The van der Waals surface area contributed by atoms with Crippen LogP contribution in [0.1, 0.15) is 5.76 Å². The SMILES string of the molecule is ClCc1cnc(-c2cccc(Cl)c2)o1. The van der Waals surface area contributed by atoms with Crippen LogP contribution in [0.4, 0.5) is 0 Å². The van der Waals surface area contributed by atoms with Gasteiger partial charge in [-0.25, -0.2) is 4.98 Å². The minimum Gasteiger partial charge on any atom is -0.440 e. The molecule has 0 amide bonds. The molecule has 2 aromatic rings. The van der Waals surface area contributed by atoms with Crippen molar-refractivity contribution < 1.29 is 4.42 Å². The monoisotopic (exact) mass is 227 g/mol. The zero-order valence-electron chi connectivity index (χ0n) is 7.21. The van der Waals surface area contributed by atoms with E-state index in [4.69, 9.17) is 27.6 Å². The standard InChI is InChI=1S/C10H7Cl2NO/c11-5-9-6-13-10(14-9)7-2-1-3-8(12)4-7/h1-4,6H,5H2. The van der Waals surface area contributed by atoms with Crippen molar-refractivity contribution >= 4 is 23.2 Å². The van der Waals surface area contributed by atoms with Crippen molar-refractivity contribution in [3.8, 4) is 11.5 Å². The van der Waals surface area contributed by atoms with Gasteiger partial charge in [0.1, 0.15) is 5.76 Å². The second kappa shape index (κ2) is 4.03. The van der Waals surface area contributed by atoms with Gasteiger partial charge < -0.3 is 4.42 Å². The molecule has 1 heterocycles. The fraction of sp³-hybridized carbons (Fsp3) is 0.100. The molecule has 0 aliphatic heterocycles. The van der Waals surface area contributed by atoms with E-state index in [1.165, 1.54) is 0 Å². The molecule has 0 unspecified atom stereocenters. The van der Waals surface area contributed by atoms with Crippen LogP contribution >= 0.6 is 23.2 Å². The van der Waals surface area contributed by atoms with Crippen LogP contribution in [-0.4, -0.2) is 4.98 Å². The summed E-state index contributed by atoms with van der Waals surface area (Å²) in [5.74, 6) is 1.53. The van der Waals surface area contributed by atoms with Gasteiger partial charge in [-0.05, 0) is 18.2 Å². The highest BCUT2D eigenvalue weighted by molar-refractivity contribution is 6.30. The summed E-state index contributed by atoms with van der Waals surface area (Å²) in [6.07, 6.45) is 1.61. The molecule has 0 aliphatic carbocycles. The number of rotatable bonds is 2. The van der Waals surface area contributed by atoms with Crippen molar-refractivity contribution in [2.45, 2.75) is 5.88 Å². The van der Waals surface area contributed by atoms with Crippen LogP contribution in [0.3, 0.4) is 0 Å².